The van der Waals surface area contributed by atoms with Crippen molar-refractivity contribution in [3.05, 3.63) is 12.2 Å². The largest absolute Gasteiger partial charge is 0.370 e. The lowest BCUT2D eigenvalue weighted by Gasteiger charge is -2.34. The van der Waals surface area contributed by atoms with Gasteiger partial charge in [-0.05, 0) is 18.8 Å². The van der Waals surface area contributed by atoms with Crippen LogP contribution in [0.25, 0.3) is 0 Å². The maximum Gasteiger partial charge on any atom is 0.217 e. The summed E-state index contributed by atoms with van der Waals surface area (Å²) >= 11 is 0. The van der Waals surface area contributed by atoms with Gasteiger partial charge in [-0.15, -0.1) is 10.2 Å². The lowest BCUT2D eigenvalue weighted by molar-refractivity contribution is -0.119. The van der Waals surface area contributed by atoms with Crippen LogP contribution in [0.15, 0.2) is 11.3 Å². The number of aliphatic imine (C=N–C) groups is 1. The van der Waals surface area contributed by atoms with E-state index >= 15 is 0 Å². The van der Waals surface area contributed by atoms with Crippen LogP contribution in [0.5, 0.6) is 0 Å². The van der Waals surface area contributed by atoms with E-state index < -0.39 is 0 Å². The Morgan fingerprint density at radius 3 is 3.09 bits per heavy atom. The second-order valence-electron chi connectivity index (χ2n) is 5.89. The number of hydrogen-bond acceptors (Lipinski definition) is 4. The molecule has 0 spiro atoms. The number of aromatic nitrogens is 3. The molecule has 1 aromatic rings. The Morgan fingerprint density at radius 2 is 2.39 bits per heavy atom. The molecular weight excluding hydrogens is 294 g/mol. The second kappa shape index (κ2) is 8.50. The molecule has 8 heteroatoms. The lowest BCUT2D eigenvalue weighted by atomic mass is 9.95. The van der Waals surface area contributed by atoms with Crippen molar-refractivity contribution in [3.63, 3.8) is 0 Å². The quantitative estimate of drug-likeness (QED) is 0.567. The minimum absolute atomic E-state index is 0.223. The predicted octanol–water partition coefficient (Wildman–Crippen LogP) is 0.00330. The Bertz CT molecular complexity index is 540. The average Bonchev–Trinajstić information content (AvgIpc) is 2.98. The van der Waals surface area contributed by atoms with Gasteiger partial charge >= 0.3 is 0 Å². The van der Waals surface area contributed by atoms with Crippen molar-refractivity contribution in [3.8, 4) is 0 Å². The molecule has 0 bridgehead atoms. The molecule has 1 unspecified atom stereocenters. The van der Waals surface area contributed by atoms with Crippen molar-refractivity contribution < 1.29 is 4.79 Å². The first kappa shape index (κ1) is 17.2. The Balaban J connectivity index is 1.84. The number of carbonyl (C=O) groups is 1. The van der Waals surface area contributed by atoms with E-state index in [1.54, 1.807) is 13.4 Å². The number of hydrogen-bond donors (Lipinski definition) is 2. The molecule has 2 rings (SSSR count). The Hall–Kier alpha value is -2.12. The standard InChI is InChI=1S/C15H27N7O/c1-3-14-20-19-11-22(14)8-6-18-15(17-2)21-7-4-5-12(10-21)9-13(16)23/h11-12H,3-10H2,1-2H3,(H2,16,23)(H,17,18). The topological polar surface area (TPSA) is 101 Å². The van der Waals surface area contributed by atoms with Crippen molar-refractivity contribution in [2.24, 2.45) is 16.6 Å². The van der Waals surface area contributed by atoms with Crippen molar-refractivity contribution in [2.75, 3.05) is 26.7 Å². The van der Waals surface area contributed by atoms with Gasteiger partial charge in [0.2, 0.25) is 5.91 Å². The third-order valence-corrected chi connectivity index (χ3v) is 4.17. The molecule has 1 fully saturated rings. The fraction of sp³-hybridized carbons (Fsp3) is 0.733. The van der Waals surface area contributed by atoms with Crippen LogP contribution in [0.4, 0.5) is 0 Å². The van der Waals surface area contributed by atoms with Crippen molar-refractivity contribution in [1.82, 2.24) is 25.0 Å². The highest BCUT2D eigenvalue weighted by Gasteiger charge is 2.23. The number of amides is 1. The average molecular weight is 321 g/mol. The monoisotopic (exact) mass is 321 g/mol. The zero-order valence-corrected chi connectivity index (χ0v) is 14.0. The van der Waals surface area contributed by atoms with E-state index in [-0.39, 0.29) is 5.91 Å². The third-order valence-electron chi connectivity index (χ3n) is 4.17. The number of nitrogens with two attached hydrogens (primary N) is 1. The second-order valence-corrected chi connectivity index (χ2v) is 5.89. The number of nitrogens with zero attached hydrogens (tertiary/aromatic N) is 5. The molecule has 3 N–H and O–H groups in total. The highest BCUT2D eigenvalue weighted by molar-refractivity contribution is 5.80. The highest BCUT2D eigenvalue weighted by atomic mass is 16.1. The summed E-state index contributed by atoms with van der Waals surface area (Å²) in [7, 11) is 1.79. The van der Waals surface area contributed by atoms with E-state index in [2.05, 4.69) is 32.3 Å². The first-order valence-electron chi connectivity index (χ1n) is 8.24. The van der Waals surface area contributed by atoms with E-state index in [1.165, 1.54) is 0 Å². The summed E-state index contributed by atoms with van der Waals surface area (Å²) in [6.45, 7) is 5.42. The molecule has 0 radical (unpaired) electrons. The first-order valence-corrected chi connectivity index (χ1v) is 8.24. The van der Waals surface area contributed by atoms with Gasteiger partial charge in [0.05, 0.1) is 0 Å². The molecule has 0 aliphatic carbocycles. The van der Waals surface area contributed by atoms with Gasteiger partial charge in [0.25, 0.3) is 0 Å². The van der Waals surface area contributed by atoms with Crippen LogP contribution in [0.2, 0.25) is 0 Å². The number of carbonyl (C=O) groups excluding carboxylic acids is 1. The first-order chi connectivity index (χ1) is 11.1. The minimum Gasteiger partial charge on any atom is -0.370 e. The molecule has 0 saturated carbocycles. The fourth-order valence-electron chi connectivity index (χ4n) is 3.07. The summed E-state index contributed by atoms with van der Waals surface area (Å²) < 4.78 is 2.05. The number of aryl methyl sites for hydroxylation is 1. The summed E-state index contributed by atoms with van der Waals surface area (Å²) in [4.78, 5) is 17.7. The molecule has 1 aromatic heterocycles. The van der Waals surface area contributed by atoms with Crippen LogP contribution >= 0.6 is 0 Å². The van der Waals surface area contributed by atoms with E-state index in [9.17, 15) is 4.79 Å². The molecule has 1 atom stereocenters. The Morgan fingerprint density at radius 1 is 1.57 bits per heavy atom. The number of nitrogens with one attached hydrogen (secondary N) is 1. The van der Waals surface area contributed by atoms with Gasteiger partial charge < -0.3 is 20.5 Å². The zero-order valence-electron chi connectivity index (χ0n) is 14.0. The van der Waals surface area contributed by atoms with Crippen LogP contribution in [-0.4, -0.2) is 58.2 Å². The maximum absolute atomic E-state index is 11.1. The summed E-state index contributed by atoms with van der Waals surface area (Å²) in [6, 6.07) is 0. The van der Waals surface area contributed by atoms with E-state index in [0.29, 0.717) is 12.3 Å². The molecule has 23 heavy (non-hydrogen) atoms. The van der Waals surface area contributed by atoms with Gasteiger partial charge in [0, 0.05) is 46.1 Å². The van der Waals surface area contributed by atoms with Crippen LogP contribution in [0.3, 0.4) is 0 Å². The Labute approximate surface area is 137 Å². The summed E-state index contributed by atoms with van der Waals surface area (Å²) in [5, 5.41) is 11.4. The van der Waals surface area contributed by atoms with E-state index in [0.717, 1.165) is 57.2 Å². The predicted molar refractivity (Wildman–Crippen MR) is 88.9 cm³/mol. The number of likely N-dealkylation sites (tertiary alicyclic amines) is 1. The van der Waals surface area contributed by atoms with Crippen molar-refractivity contribution >= 4 is 11.9 Å². The van der Waals surface area contributed by atoms with Gasteiger partial charge in [0.15, 0.2) is 5.96 Å². The van der Waals surface area contributed by atoms with Crippen LogP contribution < -0.4 is 11.1 Å². The molecule has 8 nitrogen and oxygen atoms in total. The summed E-state index contributed by atoms with van der Waals surface area (Å²) in [5.41, 5.74) is 5.32. The van der Waals surface area contributed by atoms with Crippen molar-refractivity contribution in [2.45, 2.75) is 39.2 Å². The fourth-order valence-corrected chi connectivity index (χ4v) is 3.07. The van der Waals surface area contributed by atoms with E-state index in [4.69, 9.17) is 5.73 Å². The molecule has 1 amide bonds. The van der Waals surface area contributed by atoms with Gasteiger partial charge in [-0.25, -0.2) is 0 Å². The minimum atomic E-state index is -0.223. The molecule has 1 aliphatic heterocycles. The number of guanidine groups is 1. The van der Waals surface area contributed by atoms with Gasteiger partial charge in [-0.3, -0.25) is 9.79 Å². The van der Waals surface area contributed by atoms with Gasteiger partial charge in [0.1, 0.15) is 12.2 Å². The normalized spacial score (nSPS) is 19.0. The summed E-state index contributed by atoms with van der Waals surface area (Å²) in [6.07, 6.45) is 5.19. The van der Waals surface area contributed by atoms with E-state index in [1.807, 2.05) is 4.57 Å². The van der Waals surface area contributed by atoms with Gasteiger partial charge in [-0.2, -0.15) is 0 Å². The molecule has 1 saturated heterocycles. The number of primary amides is 1. The summed E-state index contributed by atoms with van der Waals surface area (Å²) in [5.74, 6) is 1.97. The van der Waals surface area contributed by atoms with Crippen molar-refractivity contribution in [1.29, 1.82) is 0 Å². The molecule has 2 heterocycles. The molecule has 1 aliphatic rings. The SMILES string of the molecule is CCc1nncn1CCNC(=NC)N1CCCC(CC(N)=O)C1. The smallest absolute Gasteiger partial charge is 0.217 e. The van der Waals surface area contributed by atoms with Gasteiger partial charge in [-0.1, -0.05) is 6.92 Å². The van der Waals surface area contributed by atoms with Crippen LogP contribution in [0.1, 0.15) is 32.0 Å². The zero-order chi connectivity index (χ0) is 16.7. The molecular formula is C15H27N7O. The Kier molecular flexibility index (Phi) is 6.37. The van der Waals surface area contributed by atoms with Crippen LogP contribution in [-0.2, 0) is 17.8 Å². The highest BCUT2D eigenvalue weighted by Crippen LogP contribution is 2.19. The maximum atomic E-state index is 11.1. The third kappa shape index (κ3) is 4.94. The molecule has 128 valence electrons. The molecule has 0 aromatic carbocycles. The number of piperidine rings is 1. The lowest BCUT2D eigenvalue weighted by Crippen LogP contribution is -2.47. The number of rotatable bonds is 6. The van der Waals surface area contributed by atoms with Crippen LogP contribution in [0, 0.1) is 5.92 Å².